The molecule has 1 heterocycles. The number of benzene rings is 3. The largest absolute Gasteiger partial charge is 0.478 e. The van der Waals surface area contributed by atoms with Gasteiger partial charge in [-0.05, 0) is 72.2 Å². The summed E-state index contributed by atoms with van der Waals surface area (Å²) in [4.78, 5) is 11.1. The molecule has 0 bridgehead atoms. The van der Waals surface area contributed by atoms with Crippen LogP contribution >= 0.6 is 0 Å². The average molecular weight is 392 g/mol. The first kappa shape index (κ1) is 19.2. The fourth-order valence-corrected chi connectivity index (χ4v) is 3.77. The van der Waals surface area contributed by atoms with Crippen molar-refractivity contribution in [1.29, 1.82) is 5.26 Å². The van der Waals surface area contributed by atoms with Gasteiger partial charge in [-0.2, -0.15) is 5.26 Å². The standard InChI is InChI=1S/C26H20N2O2/c1-17-13-23(14-24(16-27)20-7-9-21(10-8-20)26(29)30)18(2)28(17)25-12-11-19-5-3-4-6-22(19)15-25/h3-15H,1-2H3,(H,29,30)/b24-14-. The van der Waals surface area contributed by atoms with Crippen molar-refractivity contribution in [3.05, 3.63) is 101 Å². The van der Waals surface area contributed by atoms with Crippen LogP contribution in [-0.2, 0) is 0 Å². The quantitative estimate of drug-likeness (QED) is 0.433. The lowest BCUT2D eigenvalue weighted by molar-refractivity contribution is 0.0697. The van der Waals surface area contributed by atoms with E-state index in [1.165, 1.54) is 22.9 Å². The van der Waals surface area contributed by atoms with Crippen molar-refractivity contribution >= 4 is 28.4 Å². The molecule has 0 saturated carbocycles. The van der Waals surface area contributed by atoms with Gasteiger partial charge in [0.25, 0.3) is 0 Å². The van der Waals surface area contributed by atoms with Gasteiger partial charge in [0.2, 0.25) is 0 Å². The van der Waals surface area contributed by atoms with Crippen molar-refractivity contribution in [1.82, 2.24) is 4.57 Å². The molecule has 4 nitrogen and oxygen atoms in total. The van der Waals surface area contributed by atoms with Crippen LogP contribution in [0.25, 0.3) is 28.1 Å². The summed E-state index contributed by atoms with van der Waals surface area (Å²) < 4.78 is 2.18. The number of aromatic carboxylic acids is 1. The summed E-state index contributed by atoms with van der Waals surface area (Å²) in [5.74, 6) is -0.983. The maximum Gasteiger partial charge on any atom is 0.335 e. The Kier molecular flexibility index (Phi) is 4.95. The smallest absolute Gasteiger partial charge is 0.335 e. The molecule has 0 aliphatic carbocycles. The van der Waals surface area contributed by atoms with Crippen LogP contribution in [0.15, 0.2) is 72.8 Å². The van der Waals surface area contributed by atoms with E-state index < -0.39 is 5.97 Å². The molecule has 0 saturated heterocycles. The second-order valence-corrected chi connectivity index (χ2v) is 7.25. The normalized spacial score (nSPS) is 11.4. The van der Waals surface area contributed by atoms with E-state index in [-0.39, 0.29) is 5.56 Å². The first-order chi connectivity index (χ1) is 14.5. The van der Waals surface area contributed by atoms with Crippen LogP contribution in [0, 0.1) is 25.2 Å². The number of rotatable bonds is 4. The zero-order chi connectivity index (χ0) is 21.3. The molecule has 30 heavy (non-hydrogen) atoms. The monoisotopic (exact) mass is 392 g/mol. The number of nitriles is 1. The molecule has 0 aliphatic rings. The molecule has 0 amide bonds. The lowest BCUT2D eigenvalue weighted by atomic mass is 10.0. The highest BCUT2D eigenvalue weighted by molar-refractivity contribution is 5.92. The van der Waals surface area contributed by atoms with E-state index in [0.717, 1.165) is 22.6 Å². The molecule has 1 aromatic heterocycles. The number of fused-ring (bicyclic) bond motifs is 1. The Hall–Kier alpha value is -4.10. The highest BCUT2D eigenvalue weighted by atomic mass is 16.4. The SMILES string of the molecule is Cc1cc(/C=C(/C#N)c2ccc(C(=O)O)cc2)c(C)n1-c1ccc2ccccc2c1. The Morgan fingerprint density at radius 2 is 1.60 bits per heavy atom. The van der Waals surface area contributed by atoms with E-state index >= 15 is 0 Å². The highest BCUT2D eigenvalue weighted by Gasteiger charge is 2.12. The van der Waals surface area contributed by atoms with E-state index in [9.17, 15) is 10.1 Å². The Labute approximate surface area is 174 Å². The Morgan fingerprint density at radius 1 is 0.933 bits per heavy atom. The molecule has 0 spiro atoms. The van der Waals surface area contributed by atoms with Gasteiger partial charge in [0.15, 0.2) is 0 Å². The van der Waals surface area contributed by atoms with E-state index in [4.69, 9.17) is 5.11 Å². The van der Waals surface area contributed by atoms with Crippen molar-refractivity contribution in [3.8, 4) is 11.8 Å². The molecule has 0 unspecified atom stereocenters. The van der Waals surface area contributed by atoms with Gasteiger partial charge in [-0.1, -0.05) is 42.5 Å². The topological polar surface area (TPSA) is 66.0 Å². The summed E-state index contributed by atoms with van der Waals surface area (Å²) in [6, 6.07) is 25.3. The van der Waals surface area contributed by atoms with Gasteiger partial charge in [-0.15, -0.1) is 0 Å². The van der Waals surface area contributed by atoms with Crippen molar-refractivity contribution in [2.75, 3.05) is 0 Å². The summed E-state index contributed by atoms with van der Waals surface area (Å²) in [6.07, 6.45) is 1.86. The third kappa shape index (κ3) is 3.49. The molecule has 0 atom stereocenters. The van der Waals surface area contributed by atoms with Crippen LogP contribution in [0.1, 0.15) is 32.9 Å². The molecule has 4 aromatic rings. The fraction of sp³-hybridized carbons (Fsp3) is 0.0769. The van der Waals surface area contributed by atoms with Crippen LogP contribution in [0.4, 0.5) is 0 Å². The van der Waals surface area contributed by atoms with Crippen molar-refractivity contribution in [3.63, 3.8) is 0 Å². The van der Waals surface area contributed by atoms with Crippen LogP contribution in [0.5, 0.6) is 0 Å². The summed E-state index contributed by atoms with van der Waals surface area (Å²) >= 11 is 0. The first-order valence-electron chi connectivity index (χ1n) is 9.61. The predicted octanol–water partition coefficient (Wildman–Crippen LogP) is 6.01. The lowest BCUT2D eigenvalue weighted by Crippen LogP contribution is -1.99. The molecule has 3 aromatic carbocycles. The van der Waals surface area contributed by atoms with Gasteiger partial charge in [-0.25, -0.2) is 4.79 Å². The number of aryl methyl sites for hydroxylation is 1. The van der Waals surface area contributed by atoms with Crippen LogP contribution in [0.3, 0.4) is 0 Å². The molecule has 4 heteroatoms. The Balaban J connectivity index is 1.76. The molecule has 0 radical (unpaired) electrons. The van der Waals surface area contributed by atoms with Gasteiger partial charge >= 0.3 is 5.97 Å². The summed E-state index contributed by atoms with van der Waals surface area (Å²) in [6.45, 7) is 4.09. The number of allylic oxidation sites excluding steroid dienone is 1. The van der Waals surface area contributed by atoms with Crippen LogP contribution < -0.4 is 0 Å². The molecular weight excluding hydrogens is 372 g/mol. The average Bonchev–Trinajstić information content (AvgIpc) is 3.04. The zero-order valence-electron chi connectivity index (χ0n) is 16.8. The second-order valence-electron chi connectivity index (χ2n) is 7.25. The van der Waals surface area contributed by atoms with Gasteiger partial charge in [0.1, 0.15) is 0 Å². The number of hydrogen-bond donors (Lipinski definition) is 1. The van der Waals surface area contributed by atoms with E-state index in [2.05, 4.69) is 47.0 Å². The van der Waals surface area contributed by atoms with Crippen LogP contribution in [0.2, 0.25) is 0 Å². The third-order valence-corrected chi connectivity index (χ3v) is 5.32. The minimum absolute atomic E-state index is 0.200. The van der Waals surface area contributed by atoms with Crippen molar-refractivity contribution in [2.45, 2.75) is 13.8 Å². The van der Waals surface area contributed by atoms with Gasteiger partial charge < -0.3 is 9.67 Å². The lowest BCUT2D eigenvalue weighted by Gasteiger charge is -2.11. The Morgan fingerprint density at radius 3 is 2.27 bits per heavy atom. The van der Waals surface area contributed by atoms with E-state index in [0.29, 0.717) is 11.1 Å². The minimum atomic E-state index is -0.983. The van der Waals surface area contributed by atoms with E-state index in [1.807, 2.05) is 32.1 Å². The fourth-order valence-electron chi connectivity index (χ4n) is 3.77. The highest BCUT2D eigenvalue weighted by Crippen LogP contribution is 2.27. The molecular formula is C26H20N2O2. The number of nitrogens with zero attached hydrogens (tertiary/aromatic N) is 2. The predicted molar refractivity (Wildman–Crippen MR) is 120 cm³/mol. The summed E-state index contributed by atoms with van der Waals surface area (Å²) in [7, 11) is 0. The number of carbonyl (C=O) groups is 1. The van der Waals surface area contributed by atoms with Gasteiger partial charge in [0, 0.05) is 17.1 Å². The summed E-state index contributed by atoms with van der Waals surface area (Å²) in [5.41, 5.74) is 5.53. The first-order valence-corrected chi connectivity index (χ1v) is 9.61. The summed E-state index contributed by atoms with van der Waals surface area (Å²) in [5, 5.41) is 21.1. The van der Waals surface area contributed by atoms with Gasteiger partial charge in [-0.3, -0.25) is 0 Å². The molecule has 4 rings (SSSR count). The number of carboxylic acid groups (broad SMARTS) is 1. The number of aromatic nitrogens is 1. The maximum absolute atomic E-state index is 11.1. The number of hydrogen-bond acceptors (Lipinski definition) is 2. The van der Waals surface area contributed by atoms with Crippen molar-refractivity contribution < 1.29 is 9.90 Å². The molecule has 146 valence electrons. The van der Waals surface area contributed by atoms with E-state index in [1.54, 1.807) is 12.1 Å². The van der Waals surface area contributed by atoms with Gasteiger partial charge in [0.05, 0.1) is 17.2 Å². The second kappa shape index (κ2) is 7.73. The van der Waals surface area contributed by atoms with Crippen LogP contribution in [-0.4, -0.2) is 15.6 Å². The molecule has 0 aliphatic heterocycles. The number of carboxylic acids is 1. The third-order valence-electron chi connectivity index (χ3n) is 5.32. The molecule has 0 fully saturated rings. The maximum atomic E-state index is 11.1. The van der Waals surface area contributed by atoms with Crippen molar-refractivity contribution in [2.24, 2.45) is 0 Å². The minimum Gasteiger partial charge on any atom is -0.478 e. The Bertz CT molecular complexity index is 1340. The molecule has 1 N–H and O–H groups in total. The zero-order valence-corrected chi connectivity index (χ0v) is 16.8.